The molecule has 0 aliphatic heterocycles. The van der Waals surface area contributed by atoms with Gasteiger partial charge in [0.1, 0.15) is 5.69 Å². The van der Waals surface area contributed by atoms with Gasteiger partial charge in [0.05, 0.1) is 0 Å². The first kappa shape index (κ1) is 15.0. The maximum Gasteiger partial charge on any atom is 0.342 e. The molecule has 2 aromatic rings. The summed E-state index contributed by atoms with van der Waals surface area (Å²) >= 11 is 1.58. The van der Waals surface area contributed by atoms with Crippen LogP contribution in [0.2, 0.25) is 0 Å². The molecule has 0 saturated heterocycles. The molecule has 110 valence electrons. The van der Waals surface area contributed by atoms with Crippen LogP contribution in [0.3, 0.4) is 0 Å². The molecule has 1 aromatic carbocycles. The Morgan fingerprint density at radius 3 is 2.90 bits per heavy atom. The molecule has 2 rings (SSSR count). The Balaban J connectivity index is 1.95. The standard InChI is InChI=1S/C13H14N4O3S/c1-21-9-4-2-3-8(7-9)14-11(18)6-5-10-12(19)15-13(20)17-16-10/h2-4,7H,5-6H2,1H3,(H,14,18)(H2,15,17,19,20). The van der Waals surface area contributed by atoms with Gasteiger partial charge in [0, 0.05) is 23.4 Å². The fourth-order valence-electron chi connectivity index (χ4n) is 1.70. The third kappa shape index (κ3) is 4.32. The molecule has 8 heteroatoms. The van der Waals surface area contributed by atoms with Crippen LogP contribution in [0.5, 0.6) is 0 Å². The van der Waals surface area contributed by atoms with Gasteiger partial charge in [-0.25, -0.2) is 9.89 Å². The molecular weight excluding hydrogens is 292 g/mol. The fourth-order valence-corrected chi connectivity index (χ4v) is 2.16. The van der Waals surface area contributed by atoms with E-state index < -0.39 is 11.2 Å². The second-order valence-electron chi connectivity index (χ2n) is 4.23. The normalized spacial score (nSPS) is 10.3. The summed E-state index contributed by atoms with van der Waals surface area (Å²) in [6.07, 6.45) is 2.21. The number of carbonyl (C=O) groups is 1. The van der Waals surface area contributed by atoms with Crippen LogP contribution in [0.15, 0.2) is 38.8 Å². The van der Waals surface area contributed by atoms with Crippen molar-refractivity contribution in [3.8, 4) is 0 Å². The summed E-state index contributed by atoms with van der Waals surface area (Å²) < 4.78 is 0. The molecule has 0 bridgehead atoms. The number of aryl methyl sites for hydroxylation is 1. The van der Waals surface area contributed by atoms with E-state index in [-0.39, 0.29) is 24.4 Å². The number of benzene rings is 1. The Hall–Kier alpha value is -2.35. The molecule has 0 atom stereocenters. The molecule has 0 aliphatic rings. The number of nitrogens with one attached hydrogen (secondary N) is 3. The van der Waals surface area contributed by atoms with Gasteiger partial charge in [-0.2, -0.15) is 5.10 Å². The van der Waals surface area contributed by atoms with Gasteiger partial charge < -0.3 is 5.32 Å². The predicted molar refractivity (Wildman–Crippen MR) is 80.7 cm³/mol. The van der Waals surface area contributed by atoms with Crippen LogP contribution in [0.25, 0.3) is 0 Å². The van der Waals surface area contributed by atoms with Gasteiger partial charge in [-0.15, -0.1) is 11.8 Å². The Kier molecular flexibility index (Phi) is 4.94. The van der Waals surface area contributed by atoms with Crippen LogP contribution in [0.1, 0.15) is 12.1 Å². The van der Waals surface area contributed by atoms with Crippen molar-refractivity contribution in [3.63, 3.8) is 0 Å². The fraction of sp³-hybridized carbons (Fsp3) is 0.231. The summed E-state index contributed by atoms with van der Waals surface area (Å²) in [4.78, 5) is 37.2. The zero-order valence-electron chi connectivity index (χ0n) is 11.3. The minimum atomic E-state index is -0.665. The lowest BCUT2D eigenvalue weighted by Crippen LogP contribution is -2.28. The number of amides is 1. The van der Waals surface area contributed by atoms with Gasteiger partial charge in [0.25, 0.3) is 5.56 Å². The number of H-pyrrole nitrogens is 2. The highest BCUT2D eigenvalue weighted by Gasteiger charge is 2.07. The predicted octanol–water partition coefficient (Wildman–Crippen LogP) is 0.751. The van der Waals surface area contributed by atoms with Crippen molar-refractivity contribution in [2.45, 2.75) is 17.7 Å². The number of aromatic amines is 2. The van der Waals surface area contributed by atoms with Gasteiger partial charge >= 0.3 is 5.69 Å². The van der Waals surface area contributed by atoms with Crippen LogP contribution >= 0.6 is 11.8 Å². The monoisotopic (exact) mass is 306 g/mol. The van der Waals surface area contributed by atoms with Gasteiger partial charge in [-0.05, 0) is 24.5 Å². The molecule has 21 heavy (non-hydrogen) atoms. The molecule has 0 saturated carbocycles. The quantitative estimate of drug-likeness (QED) is 0.707. The number of thioether (sulfide) groups is 1. The molecule has 3 N–H and O–H groups in total. The Bertz CT molecular complexity index is 753. The molecule has 0 unspecified atom stereocenters. The van der Waals surface area contributed by atoms with Crippen molar-refractivity contribution in [1.82, 2.24) is 15.2 Å². The maximum atomic E-state index is 11.8. The van der Waals surface area contributed by atoms with Crippen LogP contribution in [0.4, 0.5) is 5.69 Å². The first-order valence-electron chi connectivity index (χ1n) is 6.20. The summed E-state index contributed by atoms with van der Waals surface area (Å²) in [5.74, 6) is -0.222. The SMILES string of the molecule is CSc1cccc(NC(=O)CCc2n[nH]c(=O)[nH]c2=O)c1. The molecule has 0 aliphatic carbocycles. The van der Waals surface area contributed by atoms with Crippen molar-refractivity contribution in [2.75, 3.05) is 11.6 Å². The molecule has 1 heterocycles. The average molecular weight is 306 g/mol. The summed E-state index contributed by atoms with van der Waals surface area (Å²) in [6, 6.07) is 7.47. The molecule has 1 aromatic heterocycles. The van der Waals surface area contributed by atoms with E-state index in [0.29, 0.717) is 5.69 Å². The van der Waals surface area contributed by atoms with Crippen LogP contribution < -0.4 is 16.6 Å². The highest BCUT2D eigenvalue weighted by molar-refractivity contribution is 7.98. The van der Waals surface area contributed by atoms with Crippen LogP contribution in [-0.4, -0.2) is 27.3 Å². The average Bonchev–Trinajstić information content (AvgIpc) is 2.46. The molecule has 0 spiro atoms. The Morgan fingerprint density at radius 2 is 2.19 bits per heavy atom. The lowest BCUT2D eigenvalue weighted by Gasteiger charge is -2.06. The van der Waals surface area contributed by atoms with E-state index in [0.717, 1.165) is 4.90 Å². The number of nitrogens with zero attached hydrogens (tertiary/aromatic N) is 1. The molecule has 1 amide bonds. The van der Waals surface area contributed by atoms with Crippen LogP contribution in [0, 0.1) is 0 Å². The van der Waals surface area contributed by atoms with Gasteiger partial charge in [0.15, 0.2) is 0 Å². The highest BCUT2D eigenvalue weighted by atomic mass is 32.2. The zero-order chi connectivity index (χ0) is 15.2. The summed E-state index contributed by atoms with van der Waals surface area (Å²) in [5, 5.41) is 8.51. The lowest BCUT2D eigenvalue weighted by molar-refractivity contribution is -0.116. The topological polar surface area (TPSA) is 108 Å². The van der Waals surface area contributed by atoms with Crippen molar-refractivity contribution in [2.24, 2.45) is 0 Å². The van der Waals surface area contributed by atoms with E-state index in [9.17, 15) is 14.4 Å². The minimum absolute atomic E-state index is 0.103. The number of hydrogen-bond acceptors (Lipinski definition) is 5. The van der Waals surface area contributed by atoms with E-state index in [1.165, 1.54) is 0 Å². The maximum absolute atomic E-state index is 11.8. The Labute approximate surface area is 124 Å². The van der Waals surface area contributed by atoms with Crippen molar-refractivity contribution in [1.29, 1.82) is 0 Å². The number of hydrogen-bond donors (Lipinski definition) is 3. The number of rotatable bonds is 5. The van der Waals surface area contributed by atoms with E-state index >= 15 is 0 Å². The van der Waals surface area contributed by atoms with Gasteiger partial charge in [0.2, 0.25) is 5.91 Å². The van der Waals surface area contributed by atoms with Crippen molar-refractivity contribution < 1.29 is 4.79 Å². The summed E-state index contributed by atoms with van der Waals surface area (Å²) in [5.41, 5.74) is -0.407. The zero-order valence-corrected chi connectivity index (χ0v) is 12.1. The largest absolute Gasteiger partial charge is 0.342 e. The van der Waals surface area contributed by atoms with Gasteiger partial charge in [-0.3, -0.25) is 14.6 Å². The smallest absolute Gasteiger partial charge is 0.326 e. The third-order valence-corrected chi connectivity index (χ3v) is 3.45. The third-order valence-electron chi connectivity index (χ3n) is 2.72. The van der Waals surface area contributed by atoms with Crippen molar-refractivity contribution in [3.05, 3.63) is 50.8 Å². The molecule has 7 nitrogen and oxygen atoms in total. The first-order chi connectivity index (χ1) is 10.1. The molecule has 0 radical (unpaired) electrons. The molecule has 0 fully saturated rings. The van der Waals surface area contributed by atoms with Crippen molar-refractivity contribution >= 4 is 23.4 Å². The highest BCUT2D eigenvalue weighted by Crippen LogP contribution is 2.19. The minimum Gasteiger partial charge on any atom is -0.326 e. The van der Waals surface area contributed by atoms with E-state index in [1.807, 2.05) is 24.5 Å². The second kappa shape index (κ2) is 6.89. The number of carbonyl (C=O) groups excluding carboxylic acids is 1. The summed E-state index contributed by atoms with van der Waals surface area (Å²) in [6.45, 7) is 0. The van der Waals surface area contributed by atoms with E-state index in [4.69, 9.17) is 0 Å². The number of anilines is 1. The summed E-state index contributed by atoms with van der Waals surface area (Å²) in [7, 11) is 0. The first-order valence-corrected chi connectivity index (χ1v) is 7.43. The second-order valence-corrected chi connectivity index (χ2v) is 5.11. The number of aromatic nitrogens is 3. The lowest BCUT2D eigenvalue weighted by atomic mass is 10.2. The van der Waals surface area contributed by atoms with E-state index in [1.54, 1.807) is 17.8 Å². The van der Waals surface area contributed by atoms with Gasteiger partial charge in [-0.1, -0.05) is 6.07 Å². The Morgan fingerprint density at radius 1 is 1.38 bits per heavy atom. The van der Waals surface area contributed by atoms with Crippen LogP contribution in [-0.2, 0) is 11.2 Å². The van der Waals surface area contributed by atoms with E-state index in [2.05, 4.69) is 20.5 Å². The molecular formula is C13H14N4O3S.